The molecular weight excluding hydrogens is 598 g/mol. The highest BCUT2D eigenvalue weighted by atomic mass is 32.2. The van der Waals surface area contributed by atoms with Crippen LogP contribution >= 0.6 is 0 Å². The zero-order chi connectivity index (χ0) is 31.1. The lowest BCUT2D eigenvalue weighted by Crippen LogP contribution is -2.42. The molecule has 13 heteroatoms. The molecule has 2 aromatic carbocycles. The number of carboxylic acid groups (broad SMARTS) is 1. The number of aliphatic carboxylic acids is 1. The zero-order valence-electron chi connectivity index (χ0n) is 23.4. The minimum Gasteiger partial charge on any atom is -0.480 e. The van der Waals surface area contributed by atoms with Gasteiger partial charge in [0.2, 0.25) is 5.82 Å². The van der Waals surface area contributed by atoms with Gasteiger partial charge in [-0.25, -0.2) is 34.8 Å². The van der Waals surface area contributed by atoms with Crippen molar-refractivity contribution < 1.29 is 44.7 Å². The van der Waals surface area contributed by atoms with Crippen molar-refractivity contribution in [3.63, 3.8) is 0 Å². The van der Waals surface area contributed by atoms with E-state index < -0.39 is 61.6 Å². The minimum absolute atomic E-state index is 0.000248. The molecule has 2 aromatic rings. The average molecular weight is 633 g/mol. The van der Waals surface area contributed by atoms with E-state index in [4.69, 9.17) is 0 Å². The first kappa shape index (κ1) is 31.8. The molecule has 0 aromatic heterocycles. The second kappa shape index (κ2) is 12.8. The number of benzene rings is 2. The summed E-state index contributed by atoms with van der Waals surface area (Å²) in [6.07, 6.45) is 3.79. The Labute approximate surface area is 246 Å². The van der Waals surface area contributed by atoms with E-state index in [0.717, 1.165) is 18.4 Å². The lowest BCUT2D eigenvalue weighted by molar-refractivity contribution is -0.143. The molecular formula is C30H34F6N2O4S. The Morgan fingerprint density at radius 3 is 2.09 bits per heavy atom. The van der Waals surface area contributed by atoms with Crippen LogP contribution in [0.1, 0.15) is 50.0 Å². The highest BCUT2D eigenvalue weighted by Crippen LogP contribution is 2.40. The minimum atomic E-state index is -4.78. The van der Waals surface area contributed by atoms with E-state index in [2.05, 4.69) is 4.90 Å². The van der Waals surface area contributed by atoms with E-state index >= 15 is 0 Å². The van der Waals surface area contributed by atoms with Crippen molar-refractivity contribution in [3.05, 3.63) is 64.7 Å². The zero-order valence-corrected chi connectivity index (χ0v) is 24.2. The molecule has 3 aliphatic rings. The SMILES string of the molecule is O=C(O)C(CC1CC1)N1CC(CN2CCC(CCS(=O)(=O)c3c(F)c(F)c(F)c(F)c3F)CC2)C(c2cccc(F)c2)C1. The Balaban J connectivity index is 1.21. The topological polar surface area (TPSA) is 77.9 Å². The molecule has 236 valence electrons. The van der Waals surface area contributed by atoms with Crippen LogP contribution in [0.5, 0.6) is 0 Å². The molecule has 2 aliphatic heterocycles. The lowest BCUT2D eigenvalue weighted by atomic mass is 9.87. The van der Waals surface area contributed by atoms with Gasteiger partial charge in [-0.3, -0.25) is 9.69 Å². The third-order valence-corrected chi connectivity index (χ3v) is 11.0. The number of sulfone groups is 1. The highest BCUT2D eigenvalue weighted by molar-refractivity contribution is 7.91. The van der Waals surface area contributed by atoms with E-state index in [9.17, 15) is 44.7 Å². The van der Waals surface area contributed by atoms with Crippen molar-refractivity contribution in [2.24, 2.45) is 17.8 Å². The summed E-state index contributed by atoms with van der Waals surface area (Å²) in [6, 6.07) is 5.77. The van der Waals surface area contributed by atoms with Crippen LogP contribution < -0.4 is 0 Å². The fourth-order valence-corrected chi connectivity index (χ4v) is 8.18. The van der Waals surface area contributed by atoms with Crippen molar-refractivity contribution in [1.29, 1.82) is 0 Å². The van der Waals surface area contributed by atoms with Crippen LogP contribution in [0.3, 0.4) is 0 Å². The molecule has 1 saturated carbocycles. The van der Waals surface area contributed by atoms with Crippen LogP contribution in [0.15, 0.2) is 29.2 Å². The van der Waals surface area contributed by atoms with Gasteiger partial charge in [-0.2, -0.15) is 0 Å². The van der Waals surface area contributed by atoms with Crippen molar-refractivity contribution in [2.75, 3.05) is 38.5 Å². The Morgan fingerprint density at radius 2 is 1.51 bits per heavy atom. The van der Waals surface area contributed by atoms with E-state index in [-0.39, 0.29) is 30.0 Å². The van der Waals surface area contributed by atoms with E-state index in [1.54, 1.807) is 6.07 Å². The van der Waals surface area contributed by atoms with E-state index in [1.165, 1.54) is 12.1 Å². The van der Waals surface area contributed by atoms with Gasteiger partial charge < -0.3 is 10.0 Å². The molecule has 6 nitrogen and oxygen atoms in total. The molecule has 1 N–H and O–H groups in total. The third-order valence-electron chi connectivity index (χ3n) is 9.20. The summed E-state index contributed by atoms with van der Waals surface area (Å²) in [5, 5.41) is 9.95. The summed E-state index contributed by atoms with van der Waals surface area (Å²) in [7, 11) is -4.78. The molecule has 1 aliphatic carbocycles. The maximum atomic E-state index is 14.1. The number of hydrogen-bond acceptors (Lipinski definition) is 5. The van der Waals surface area contributed by atoms with Crippen LogP contribution in [0.2, 0.25) is 0 Å². The Bertz CT molecular complexity index is 1430. The number of carboxylic acids is 1. The third kappa shape index (κ3) is 7.04. The molecule has 2 heterocycles. The average Bonchev–Trinajstić information content (AvgIpc) is 3.70. The molecule has 3 unspecified atom stereocenters. The fourth-order valence-electron chi connectivity index (χ4n) is 6.61. The van der Waals surface area contributed by atoms with Crippen LogP contribution in [-0.4, -0.2) is 73.8 Å². The molecule has 3 fully saturated rings. The maximum Gasteiger partial charge on any atom is 0.320 e. The second-order valence-corrected chi connectivity index (χ2v) is 14.2. The van der Waals surface area contributed by atoms with Gasteiger partial charge in [0.05, 0.1) is 5.75 Å². The quantitative estimate of drug-likeness (QED) is 0.156. The number of hydrogen-bond donors (Lipinski definition) is 1. The summed E-state index contributed by atoms with van der Waals surface area (Å²) in [5.41, 5.74) is 0.816. The van der Waals surface area contributed by atoms with Gasteiger partial charge in [-0.05, 0) is 74.2 Å². The number of halogens is 6. The number of likely N-dealkylation sites (tertiary alicyclic amines) is 2. The summed E-state index contributed by atoms with van der Waals surface area (Å²) >= 11 is 0. The smallest absolute Gasteiger partial charge is 0.320 e. The molecule has 0 bridgehead atoms. The van der Waals surface area contributed by atoms with Crippen molar-refractivity contribution >= 4 is 15.8 Å². The van der Waals surface area contributed by atoms with E-state index in [1.807, 2.05) is 11.0 Å². The molecule has 3 atom stereocenters. The Hall–Kier alpha value is -2.64. The maximum absolute atomic E-state index is 14.1. The van der Waals surface area contributed by atoms with Crippen LogP contribution in [-0.2, 0) is 14.6 Å². The normalized spacial score (nSPS) is 23.1. The molecule has 43 heavy (non-hydrogen) atoms. The van der Waals surface area contributed by atoms with Crippen LogP contribution in [0.25, 0.3) is 0 Å². The summed E-state index contributed by atoms with van der Waals surface area (Å²) in [5.74, 6) is -13.4. The summed E-state index contributed by atoms with van der Waals surface area (Å²) < 4.78 is 108. The van der Waals surface area contributed by atoms with Crippen LogP contribution in [0.4, 0.5) is 26.3 Å². The number of nitrogens with zero attached hydrogens (tertiary/aromatic N) is 2. The van der Waals surface area contributed by atoms with Crippen LogP contribution in [0, 0.1) is 52.7 Å². The fraction of sp³-hybridized carbons (Fsp3) is 0.567. The standard InChI is InChI=1S/C30H34F6N2O4S/c31-21-3-1-2-19(13-21)22-16-38(23(30(39)40)12-18-4-5-18)15-20(22)14-37-9-6-17(7-10-37)8-11-43(41,42)29-27(35)25(33)24(32)26(34)28(29)36/h1-3,13,17-18,20,22-23H,4-12,14-16H2,(H,39,40). The first-order valence-electron chi connectivity index (χ1n) is 14.5. The van der Waals surface area contributed by atoms with Gasteiger partial charge in [-0.15, -0.1) is 0 Å². The largest absolute Gasteiger partial charge is 0.480 e. The molecule has 0 radical (unpaired) electrons. The first-order valence-corrected chi connectivity index (χ1v) is 16.2. The van der Waals surface area contributed by atoms with Gasteiger partial charge in [0.25, 0.3) is 0 Å². The van der Waals surface area contributed by atoms with Gasteiger partial charge in [0.15, 0.2) is 33.1 Å². The van der Waals surface area contributed by atoms with Crippen molar-refractivity contribution in [3.8, 4) is 0 Å². The Morgan fingerprint density at radius 1 is 0.884 bits per heavy atom. The Kier molecular flexibility index (Phi) is 9.43. The summed E-state index contributed by atoms with van der Waals surface area (Å²) in [6.45, 7) is 2.85. The summed E-state index contributed by atoms with van der Waals surface area (Å²) in [4.78, 5) is 14.5. The van der Waals surface area contributed by atoms with Gasteiger partial charge in [0.1, 0.15) is 16.8 Å². The van der Waals surface area contributed by atoms with Gasteiger partial charge in [0, 0.05) is 25.6 Å². The predicted molar refractivity (Wildman–Crippen MR) is 145 cm³/mol. The number of carbonyl (C=O) groups is 1. The lowest BCUT2D eigenvalue weighted by Gasteiger charge is -2.35. The van der Waals surface area contributed by atoms with Gasteiger partial charge >= 0.3 is 5.97 Å². The molecule has 0 amide bonds. The highest BCUT2D eigenvalue weighted by Gasteiger charge is 2.42. The molecule has 0 spiro atoms. The molecule has 2 saturated heterocycles. The molecule has 5 rings (SSSR count). The second-order valence-electron chi connectivity index (χ2n) is 12.2. The van der Waals surface area contributed by atoms with Crippen molar-refractivity contribution in [2.45, 2.75) is 55.4 Å². The number of rotatable bonds is 11. The monoisotopic (exact) mass is 632 g/mol. The van der Waals surface area contributed by atoms with E-state index in [0.29, 0.717) is 57.9 Å². The number of piperidine rings is 1. The first-order chi connectivity index (χ1) is 20.4. The van der Waals surface area contributed by atoms with Gasteiger partial charge in [-0.1, -0.05) is 25.0 Å². The predicted octanol–water partition coefficient (Wildman–Crippen LogP) is 5.37. The van der Waals surface area contributed by atoms with Crippen molar-refractivity contribution in [1.82, 2.24) is 9.80 Å².